The maximum Gasteiger partial charge on any atom is 0.343 e. The standard InChI is InChI=1S/C13H17FN4OS/c1-4-18-12(19)16-17-13(18)20-10-7-5-6-9(14)11(10)8(2)15-3/h5-8,15H,4H2,1-3H3,(H,16,19). The van der Waals surface area contributed by atoms with Crippen molar-refractivity contribution < 1.29 is 4.39 Å². The lowest BCUT2D eigenvalue weighted by molar-refractivity contribution is 0.551. The maximum atomic E-state index is 14.0. The SMILES string of the molecule is CCn1c(Sc2cccc(F)c2C(C)NC)n[nH]c1=O. The highest BCUT2D eigenvalue weighted by Crippen LogP contribution is 2.33. The Labute approximate surface area is 120 Å². The van der Waals surface area contributed by atoms with Gasteiger partial charge >= 0.3 is 5.69 Å². The summed E-state index contributed by atoms with van der Waals surface area (Å²) < 4.78 is 15.5. The van der Waals surface area contributed by atoms with Crippen LogP contribution in [0.25, 0.3) is 0 Å². The second-order valence-electron chi connectivity index (χ2n) is 4.32. The molecule has 0 radical (unpaired) electrons. The average molecular weight is 296 g/mol. The average Bonchev–Trinajstić information content (AvgIpc) is 2.78. The summed E-state index contributed by atoms with van der Waals surface area (Å²) in [6.45, 7) is 4.27. The molecule has 5 nitrogen and oxygen atoms in total. The Morgan fingerprint density at radius 1 is 1.55 bits per heavy atom. The van der Waals surface area contributed by atoms with Gasteiger partial charge in [-0.2, -0.15) is 0 Å². The molecule has 108 valence electrons. The normalized spacial score (nSPS) is 12.6. The lowest BCUT2D eigenvalue weighted by Crippen LogP contribution is -2.17. The Morgan fingerprint density at radius 3 is 2.95 bits per heavy atom. The molecule has 1 unspecified atom stereocenters. The van der Waals surface area contributed by atoms with Gasteiger partial charge in [0.05, 0.1) is 0 Å². The Morgan fingerprint density at radius 2 is 2.30 bits per heavy atom. The van der Waals surface area contributed by atoms with E-state index in [4.69, 9.17) is 0 Å². The lowest BCUT2D eigenvalue weighted by Gasteiger charge is -2.16. The fourth-order valence-electron chi connectivity index (χ4n) is 1.93. The first-order valence-corrected chi connectivity index (χ1v) is 7.18. The van der Waals surface area contributed by atoms with Crippen LogP contribution >= 0.6 is 11.8 Å². The molecule has 0 saturated carbocycles. The highest BCUT2D eigenvalue weighted by Gasteiger charge is 2.17. The highest BCUT2D eigenvalue weighted by atomic mass is 32.2. The van der Waals surface area contributed by atoms with Crippen LogP contribution in [0.3, 0.4) is 0 Å². The molecule has 0 saturated heterocycles. The third-order valence-electron chi connectivity index (χ3n) is 3.12. The van der Waals surface area contributed by atoms with Crippen LogP contribution in [-0.4, -0.2) is 21.8 Å². The van der Waals surface area contributed by atoms with Gasteiger partial charge in [0, 0.05) is 23.0 Å². The van der Waals surface area contributed by atoms with E-state index < -0.39 is 0 Å². The van der Waals surface area contributed by atoms with Crippen LogP contribution in [0.1, 0.15) is 25.5 Å². The molecule has 2 aromatic rings. The molecule has 1 heterocycles. The minimum atomic E-state index is -0.266. The molecule has 0 fully saturated rings. The molecular weight excluding hydrogens is 279 g/mol. The summed E-state index contributed by atoms with van der Waals surface area (Å²) in [6.07, 6.45) is 0. The minimum Gasteiger partial charge on any atom is -0.313 e. The van der Waals surface area contributed by atoms with Crippen molar-refractivity contribution in [1.82, 2.24) is 20.1 Å². The zero-order valence-corrected chi connectivity index (χ0v) is 12.4. The third kappa shape index (κ3) is 2.78. The monoisotopic (exact) mass is 296 g/mol. The first kappa shape index (κ1) is 14.8. The number of hydrogen-bond donors (Lipinski definition) is 2. The Kier molecular flexibility index (Phi) is 4.61. The van der Waals surface area contributed by atoms with Crippen LogP contribution in [0.4, 0.5) is 4.39 Å². The number of aromatic amines is 1. The Hall–Kier alpha value is -1.60. The molecule has 7 heteroatoms. The number of rotatable bonds is 5. The van der Waals surface area contributed by atoms with E-state index in [1.54, 1.807) is 13.1 Å². The van der Waals surface area contributed by atoms with E-state index in [0.717, 1.165) is 4.90 Å². The quantitative estimate of drug-likeness (QED) is 0.887. The van der Waals surface area contributed by atoms with Gasteiger partial charge in [-0.1, -0.05) is 6.07 Å². The summed E-state index contributed by atoms with van der Waals surface area (Å²) in [7, 11) is 1.78. The molecular formula is C13H17FN4OS. The van der Waals surface area contributed by atoms with Crippen LogP contribution in [-0.2, 0) is 6.54 Å². The molecule has 0 amide bonds. The van der Waals surface area contributed by atoms with Gasteiger partial charge in [-0.25, -0.2) is 14.3 Å². The third-order valence-corrected chi connectivity index (χ3v) is 4.19. The molecule has 1 aromatic heterocycles. The van der Waals surface area contributed by atoms with E-state index in [1.165, 1.54) is 22.4 Å². The number of nitrogens with zero attached hydrogens (tertiary/aromatic N) is 2. The number of hydrogen-bond acceptors (Lipinski definition) is 4. The van der Waals surface area contributed by atoms with E-state index in [0.29, 0.717) is 17.3 Å². The zero-order chi connectivity index (χ0) is 14.7. The van der Waals surface area contributed by atoms with Gasteiger partial charge in [0.1, 0.15) is 5.82 Å². The summed E-state index contributed by atoms with van der Waals surface area (Å²) in [4.78, 5) is 12.3. The van der Waals surface area contributed by atoms with Crippen molar-refractivity contribution in [3.8, 4) is 0 Å². The number of aromatic nitrogens is 3. The second-order valence-corrected chi connectivity index (χ2v) is 5.33. The zero-order valence-electron chi connectivity index (χ0n) is 11.6. The van der Waals surface area contributed by atoms with Gasteiger partial charge in [0.25, 0.3) is 0 Å². The fourth-order valence-corrected chi connectivity index (χ4v) is 3.07. The molecule has 0 aliphatic rings. The Balaban J connectivity index is 2.43. The molecule has 2 rings (SSSR count). The van der Waals surface area contributed by atoms with Gasteiger partial charge in [0.2, 0.25) is 0 Å². The van der Waals surface area contributed by atoms with Crippen molar-refractivity contribution in [3.63, 3.8) is 0 Å². The van der Waals surface area contributed by atoms with E-state index in [9.17, 15) is 9.18 Å². The molecule has 1 atom stereocenters. The van der Waals surface area contributed by atoms with Gasteiger partial charge in [0.15, 0.2) is 5.16 Å². The molecule has 0 aliphatic carbocycles. The van der Waals surface area contributed by atoms with Crippen molar-refractivity contribution >= 4 is 11.8 Å². The van der Waals surface area contributed by atoms with E-state index >= 15 is 0 Å². The van der Waals surface area contributed by atoms with Crippen molar-refractivity contribution in [1.29, 1.82) is 0 Å². The number of benzene rings is 1. The van der Waals surface area contributed by atoms with Gasteiger partial charge < -0.3 is 5.32 Å². The number of halogens is 1. The maximum absolute atomic E-state index is 14.0. The van der Waals surface area contributed by atoms with Crippen molar-refractivity contribution in [2.45, 2.75) is 36.5 Å². The minimum absolute atomic E-state index is 0.126. The van der Waals surface area contributed by atoms with Crippen LogP contribution in [0.15, 0.2) is 33.0 Å². The lowest BCUT2D eigenvalue weighted by atomic mass is 10.1. The second kappa shape index (κ2) is 6.23. The van der Waals surface area contributed by atoms with E-state index in [2.05, 4.69) is 15.5 Å². The largest absolute Gasteiger partial charge is 0.343 e. The highest BCUT2D eigenvalue weighted by molar-refractivity contribution is 7.99. The van der Waals surface area contributed by atoms with E-state index in [-0.39, 0.29) is 17.5 Å². The first-order valence-electron chi connectivity index (χ1n) is 6.37. The predicted molar refractivity (Wildman–Crippen MR) is 76.5 cm³/mol. The molecule has 0 spiro atoms. The van der Waals surface area contributed by atoms with Crippen LogP contribution in [0, 0.1) is 5.82 Å². The molecule has 20 heavy (non-hydrogen) atoms. The summed E-state index contributed by atoms with van der Waals surface area (Å²) >= 11 is 1.28. The molecule has 0 aliphatic heterocycles. The number of nitrogens with one attached hydrogen (secondary N) is 2. The fraction of sp³-hybridized carbons (Fsp3) is 0.385. The molecule has 0 bridgehead atoms. The van der Waals surface area contributed by atoms with Gasteiger partial charge in [-0.05, 0) is 44.8 Å². The number of H-pyrrole nitrogens is 1. The van der Waals surface area contributed by atoms with Crippen molar-refractivity contribution in [2.75, 3.05) is 7.05 Å². The van der Waals surface area contributed by atoms with Gasteiger partial charge in [-0.3, -0.25) is 4.57 Å². The summed E-state index contributed by atoms with van der Waals surface area (Å²) in [5.74, 6) is -0.266. The van der Waals surface area contributed by atoms with E-state index in [1.807, 2.05) is 19.9 Å². The topological polar surface area (TPSA) is 62.7 Å². The predicted octanol–water partition coefficient (Wildman–Crippen LogP) is 2.16. The summed E-state index contributed by atoms with van der Waals surface area (Å²) in [5, 5.41) is 9.96. The van der Waals surface area contributed by atoms with Crippen molar-refractivity contribution in [2.24, 2.45) is 0 Å². The summed E-state index contributed by atoms with van der Waals surface area (Å²) in [6, 6.07) is 4.80. The molecule has 1 aromatic carbocycles. The first-order chi connectivity index (χ1) is 9.58. The Bertz CT molecular complexity index is 652. The van der Waals surface area contributed by atoms with Crippen LogP contribution in [0.2, 0.25) is 0 Å². The molecule has 2 N–H and O–H groups in total. The summed E-state index contributed by atoms with van der Waals surface area (Å²) in [5.41, 5.74) is 0.327. The van der Waals surface area contributed by atoms with Crippen molar-refractivity contribution in [3.05, 3.63) is 40.1 Å². The van der Waals surface area contributed by atoms with Gasteiger partial charge in [-0.15, -0.1) is 5.10 Å². The van der Waals surface area contributed by atoms with Crippen LogP contribution < -0.4 is 11.0 Å². The van der Waals surface area contributed by atoms with Crippen LogP contribution in [0.5, 0.6) is 0 Å². The smallest absolute Gasteiger partial charge is 0.313 e.